The predicted molar refractivity (Wildman–Crippen MR) is 168 cm³/mol. The van der Waals surface area contributed by atoms with Crippen molar-refractivity contribution in [3.63, 3.8) is 0 Å². The Bertz CT molecular complexity index is 1460. The number of aliphatic carboxylic acids is 1. The van der Waals surface area contributed by atoms with Gasteiger partial charge in [0, 0.05) is 12.8 Å². The molecule has 0 radical (unpaired) electrons. The molecule has 2 aromatic rings. The number of hydrogen-bond acceptors (Lipinski definition) is 8. The van der Waals surface area contributed by atoms with Crippen molar-refractivity contribution in [1.82, 2.24) is 26.6 Å². The number of aromatic carboxylic acids is 1. The van der Waals surface area contributed by atoms with Gasteiger partial charge in [0.25, 0.3) is 0 Å². The van der Waals surface area contributed by atoms with Gasteiger partial charge in [-0.2, -0.15) is 0 Å². The van der Waals surface area contributed by atoms with E-state index in [-0.39, 0.29) is 18.4 Å². The molecule has 0 aliphatic carbocycles. The van der Waals surface area contributed by atoms with Crippen LogP contribution < -0.4 is 26.6 Å². The molecule has 2 rings (SSSR count). The second-order valence-electron chi connectivity index (χ2n) is 11.7. The highest BCUT2D eigenvalue weighted by Gasteiger charge is 2.30. The second-order valence-corrected chi connectivity index (χ2v) is 11.7. The molecule has 0 bridgehead atoms. The number of ether oxygens (including phenoxy) is 1. The minimum absolute atomic E-state index is 0.0276. The van der Waals surface area contributed by atoms with E-state index in [2.05, 4.69) is 26.6 Å². The highest BCUT2D eigenvalue weighted by Crippen LogP contribution is 2.10. The molecule has 0 fully saturated rings. The number of nitrogens with one attached hydrogen (secondary N) is 5. The molecule has 4 atom stereocenters. The molecule has 2 aromatic carbocycles. The van der Waals surface area contributed by atoms with Gasteiger partial charge in [0.05, 0.1) is 5.56 Å². The first kappa shape index (κ1) is 37.7. The van der Waals surface area contributed by atoms with E-state index in [4.69, 9.17) is 9.84 Å². The Morgan fingerprint density at radius 1 is 0.681 bits per heavy atom. The zero-order valence-electron chi connectivity index (χ0n) is 26.8. The van der Waals surface area contributed by atoms with Gasteiger partial charge in [0.1, 0.15) is 36.3 Å². The number of carbonyl (C=O) groups is 7. The third-order valence-corrected chi connectivity index (χ3v) is 6.45. The summed E-state index contributed by atoms with van der Waals surface area (Å²) in [5, 5.41) is 30.5. The lowest BCUT2D eigenvalue weighted by Crippen LogP contribution is -2.58. The van der Waals surface area contributed by atoms with Crippen molar-refractivity contribution < 1.29 is 48.5 Å². The van der Waals surface area contributed by atoms with Crippen LogP contribution in [-0.4, -0.2) is 88.2 Å². The summed E-state index contributed by atoms with van der Waals surface area (Å²) in [4.78, 5) is 87.0. The molecular weight excluding hydrogens is 614 g/mol. The second kappa shape index (κ2) is 17.3. The van der Waals surface area contributed by atoms with E-state index in [0.717, 1.165) is 0 Å². The predicted octanol–water partition coefficient (Wildman–Crippen LogP) is 0.758. The van der Waals surface area contributed by atoms with Gasteiger partial charge in [0.15, 0.2) is 0 Å². The summed E-state index contributed by atoms with van der Waals surface area (Å²) >= 11 is 0. The smallest absolute Gasteiger partial charge is 0.408 e. The minimum Gasteiger partial charge on any atom is -0.480 e. The zero-order valence-corrected chi connectivity index (χ0v) is 26.8. The number of hydrogen-bond donors (Lipinski definition) is 7. The molecule has 0 aliphatic rings. The standard InChI is InChI=1S/C32H41N5O10/c1-18(26(40)36-23(28(42)33-17-25(38)39)15-20-10-7-6-8-11-20)34-29(43)24(16-21-12-9-13-22(14-21)30(44)45)37-27(41)19(2)35-31(46)47-32(3,4)5/h6-14,18-19,23-24H,15-17H2,1-5H3,(H,33,42)(H,34,43)(H,35,46)(H,36,40)(H,37,41)(H,38,39)(H,44,45)/t18-,19-,23-,24-/m0/s1. The van der Waals surface area contributed by atoms with Gasteiger partial charge >= 0.3 is 18.0 Å². The van der Waals surface area contributed by atoms with Gasteiger partial charge in [-0.3, -0.25) is 24.0 Å². The van der Waals surface area contributed by atoms with E-state index >= 15 is 0 Å². The Morgan fingerprint density at radius 2 is 1.21 bits per heavy atom. The Kier molecular flexibility index (Phi) is 13.9. The number of amides is 5. The lowest BCUT2D eigenvalue weighted by Gasteiger charge is -2.25. The molecule has 0 aliphatic heterocycles. The number of rotatable bonds is 15. The molecule has 5 amide bonds. The summed E-state index contributed by atoms with van der Waals surface area (Å²) in [5.41, 5.74) is 0.186. The van der Waals surface area contributed by atoms with E-state index < -0.39 is 78.0 Å². The van der Waals surface area contributed by atoms with Gasteiger partial charge in [0.2, 0.25) is 23.6 Å². The van der Waals surface area contributed by atoms with Crippen LogP contribution in [0.3, 0.4) is 0 Å². The van der Waals surface area contributed by atoms with Crippen LogP contribution in [0.5, 0.6) is 0 Å². The van der Waals surface area contributed by atoms with Crippen LogP contribution in [0.25, 0.3) is 0 Å². The summed E-state index contributed by atoms with van der Waals surface area (Å²) in [5.74, 6) is -5.58. The van der Waals surface area contributed by atoms with Gasteiger partial charge in [-0.1, -0.05) is 42.5 Å². The Balaban J connectivity index is 2.22. The number of carboxylic acids is 2. The van der Waals surface area contributed by atoms with Crippen molar-refractivity contribution in [3.8, 4) is 0 Å². The minimum atomic E-state index is -1.33. The van der Waals surface area contributed by atoms with Crippen LogP contribution in [0.15, 0.2) is 54.6 Å². The molecule has 15 nitrogen and oxygen atoms in total. The Labute approximate surface area is 271 Å². The Hall–Kier alpha value is -5.47. The van der Waals surface area contributed by atoms with Crippen LogP contribution in [0, 0.1) is 0 Å². The van der Waals surface area contributed by atoms with E-state index in [1.54, 1.807) is 57.2 Å². The normalized spacial score (nSPS) is 13.5. The molecule has 0 aromatic heterocycles. The molecule has 7 N–H and O–H groups in total. The molecule has 0 spiro atoms. The maximum Gasteiger partial charge on any atom is 0.408 e. The number of alkyl carbamates (subject to hydrolysis) is 1. The summed E-state index contributed by atoms with van der Waals surface area (Å²) in [6, 6.07) is 9.50. The van der Waals surface area contributed by atoms with Crippen LogP contribution in [0.2, 0.25) is 0 Å². The molecule has 0 saturated carbocycles. The van der Waals surface area contributed by atoms with Gasteiger partial charge in [-0.05, 0) is 57.9 Å². The van der Waals surface area contributed by atoms with Crippen LogP contribution >= 0.6 is 0 Å². The van der Waals surface area contributed by atoms with E-state index in [9.17, 15) is 38.7 Å². The highest BCUT2D eigenvalue weighted by molar-refractivity contribution is 5.95. The first-order chi connectivity index (χ1) is 21.9. The Morgan fingerprint density at radius 3 is 1.77 bits per heavy atom. The summed E-state index contributed by atoms with van der Waals surface area (Å²) < 4.78 is 5.17. The lowest BCUT2D eigenvalue weighted by atomic mass is 10.0. The highest BCUT2D eigenvalue weighted by atomic mass is 16.6. The van der Waals surface area contributed by atoms with Crippen molar-refractivity contribution in [1.29, 1.82) is 0 Å². The average molecular weight is 656 g/mol. The van der Waals surface area contributed by atoms with Gasteiger partial charge < -0.3 is 41.5 Å². The van der Waals surface area contributed by atoms with Crippen molar-refractivity contribution in [2.24, 2.45) is 0 Å². The molecule has 0 unspecified atom stereocenters. The fraction of sp³-hybridized carbons (Fsp3) is 0.406. The average Bonchev–Trinajstić information content (AvgIpc) is 2.98. The van der Waals surface area contributed by atoms with Crippen LogP contribution in [-0.2, 0) is 41.6 Å². The van der Waals surface area contributed by atoms with Crippen molar-refractivity contribution in [3.05, 3.63) is 71.3 Å². The summed E-state index contributed by atoms with van der Waals surface area (Å²) in [6.07, 6.45) is -1.02. The fourth-order valence-electron chi connectivity index (χ4n) is 4.14. The number of carbonyl (C=O) groups excluding carboxylic acids is 5. The largest absolute Gasteiger partial charge is 0.480 e. The monoisotopic (exact) mass is 655 g/mol. The molecular formula is C32H41N5O10. The topological polar surface area (TPSA) is 229 Å². The van der Waals surface area contributed by atoms with E-state index in [1.807, 2.05) is 0 Å². The number of carboxylic acid groups (broad SMARTS) is 2. The molecule has 47 heavy (non-hydrogen) atoms. The van der Waals surface area contributed by atoms with Gasteiger partial charge in [-0.25, -0.2) is 9.59 Å². The first-order valence-corrected chi connectivity index (χ1v) is 14.7. The molecule has 0 heterocycles. The third-order valence-electron chi connectivity index (χ3n) is 6.45. The lowest BCUT2D eigenvalue weighted by molar-refractivity contribution is -0.138. The molecule has 0 saturated heterocycles. The molecule has 15 heteroatoms. The van der Waals surface area contributed by atoms with Gasteiger partial charge in [-0.15, -0.1) is 0 Å². The maximum atomic E-state index is 13.5. The number of benzene rings is 2. The van der Waals surface area contributed by atoms with Crippen LogP contribution in [0.4, 0.5) is 4.79 Å². The zero-order chi connectivity index (χ0) is 35.3. The van der Waals surface area contributed by atoms with E-state index in [1.165, 1.54) is 32.0 Å². The summed E-state index contributed by atoms with van der Waals surface area (Å²) in [7, 11) is 0. The summed E-state index contributed by atoms with van der Waals surface area (Å²) in [6.45, 7) is 6.99. The van der Waals surface area contributed by atoms with Crippen molar-refractivity contribution in [2.45, 2.75) is 77.2 Å². The third kappa shape index (κ3) is 13.6. The molecule has 254 valence electrons. The van der Waals surface area contributed by atoms with Crippen LogP contribution in [0.1, 0.15) is 56.1 Å². The van der Waals surface area contributed by atoms with Crippen molar-refractivity contribution >= 4 is 41.7 Å². The SMILES string of the molecule is C[C@H](NC(=O)OC(C)(C)C)C(=O)N[C@@H](Cc1cccc(C(=O)O)c1)C(=O)N[C@@H](C)C(=O)N[C@@H](Cc1ccccc1)C(=O)NCC(=O)O. The fourth-order valence-corrected chi connectivity index (χ4v) is 4.14. The van der Waals surface area contributed by atoms with Crippen molar-refractivity contribution in [2.75, 3.05) is 6.54 Å². The first-order valence-electron chi connectivity index (χ1n) is 14.7. The quantitative estimate of drug-likeness (QED) is 0.142. The maximum absolute atomic E-state index is 13.5. The van der Waals surface area contributed by atoms with E-state index in [0.29, 0.717) is 11.1 Å².